The number of nitrogens with one attached hydrogen (secondary N) is 1. The SMILES string of the molecule is Cc1cccc(OC(C)CC(C)(CO)NC2CC2)c1C. The third kappa shape index (κ3) is 3.97. The van der Waals surface area contributed by atoms with Crippen LogP contribution < -0.4 is 10.1 Å². The molecule has 1 fully saturated rings. The normalized spacial score (nSPS) is 19.4. The van der Waals surface area contributed by atoms with E-state index in [9.17, 15) is 5.11 Å². The predicted molar refractivity (Wildman–Crippen MR) is 82.3 cm³/mol. The molecule has 0 heterocycles. The molecule has 2 unspecified atom stereocenters. The lowest BCUT2D eigenvalue weighted by atomic mass is 9.95. The quantitative estimate of drug-likeness (QED) is 0.805. The molecule has 0 spiro atoms. The zero-order valence-corrected chi connectivity index (χ0v) is 13.1. The first-order chi connectivity index (χ1) is 9.43. The molecule has 1 aliphatic rings. The van der Waals surface area contributed by atoms with Crippen molar-refractivity contribution in [2.75, 3.05) is 6.61 Å². The summed E-state index contributed by atoms with van der Waals surface area (Å²) in [5.41, 5.74) is 2.19. The maximum atomic E-state index is 9.66. The lowest BCUT2D eigenvalue weighted by molar-refractivity contribution is 0.108. The number of aliphatic hydroxyl groups is 1. The van der Waals surface area contributed by atoms with Crippen molar-refractivity contribution in [2.45, 2.75) is 64.6 Å². The molecule has 1 aromatic rings. The topological polar surface area (TPSA) is 41.5 Å². The Balaban J connectivity index is 1.96. The van der Waals surface area contributed by atoms with Crippen LogP contribution in [0.3, 0.4) is 0 Å². The van der Waals surface area contributed by atoms with E-state index in [1.807, 2.05) is 12.1 Å². The maximum absolute atomic E-state index is 9.66. The molecule has 0 amide bonds. The average Bonchev–Trinajstić information content (AvgIpc) is 3.18. The second-order valence-electron chi connectivity index (χ2n) is 6.47. The number of hydrogen-bond donors (Lipinski definition) is 2. The number of benzene rings is 1. The Morgan fingerprint density at radius 2 is 2.10 bits per heavy atom. The predicted octanol–water partition coefficient (Wildman–Crippen LogP) is 2.96. The highest BCUT2D eigenvalue weighted by atomic mass is 16.5. The molecule has 20 heavy (non-hydrogen) atoms. The van der Waals surface area contributed by atoms with E-state index < -0.39 is 0 Å². The second kappa shape index (κ2) is 6.15. The van der Waals surface area contributed by atoms with Crippen molar-refractivity contribution >= 4 is 0 Å². The smallest absolute Gasteiger partial charge is 0.122 e. The molecule has 0 saturated heterocycles. The summed E-state index contributed by atoms with van der Waals surface area (Å²) >= 11 is 0. The van der Waals surface area contributed by atoms with Crippen molar-refractivity contribution in [1.82, 2.24) is 5.32 Å². The minimum atomic E-state index is -0.252. The molecule has 0 bridgehead atoms. The molecule has 1 saturated carbocycles. The second-order valence-corrected chi connectivity index (χ2v) is 6.47. The van der Waals surface area contributed by atoms with Crippen LogP contribution in [0.4, 0.5) is 0 Å². The monoisotopic (exact) mass is 277 g/mol. The lowest BCUT2D eigenvalue weighted by Crippen LogP contribution is -2.49. The first-order valence-corrected chi connectivity index (χ1v) is 7.55. The van der Waals surface area contributed by atoms with Crippen LogP contribution >= 0.6 is 0 Å². The van der Waals surface area contributed by atoms with Gasteiger partial charge in [-0.05, 0) is 57.7 Å². The summed E-state index contributed by atoms with van der Waals surface area (Å²) in [5.74, 6) is 0.948. The molecule has 2 rings (SSSR count). The Kier molecular flexibility index (Phi) is 4.71. The number of aryl methyl sites for hydroxylation is 1. The van der Waals surface area contributed by atoms with Gasteiger partial charge in [-0.15, -0.1) is 0 Å². The maximum Gasteiger partial charge on any atom is 0.122 e. The highest BCUT2D eigenvalue weighted by molar-refractivity contribution is 5.38. The van der Waals surface area contributed by atoms with E-state index in [-0.39, 0.29) is 18.2 Å². The van der Waals surface area contributed by atoms with Gasteiger partial charge in [0, 0.05) is 18.0 Å². The summed E-state index contributed by atoms with van der Waals surface area (Å²) in [5, 5.41) is 13.2. The summed E-state index contributed by atoms with van der Waals surface area (Å²) < 4.78 is 6.07. The molecule has 0 aromatic heterocycles. The number of rotatable bonds is 7. The Labute approximate surface area is 122 Å². The van der Waals surface area contributed by atoms with Gasteiger partial charge < -0.3 is 15.2 Å². The Bertz CT molecular complexity index is 456. The van der Waals surface area contributed by atoms with E-state index >= 15 is 0 Å². The molecule has 1 aromatic carbocycles. The molecular formula is C17H27NO2. The van der Waals surface area contributed by atoms with Crippen LogP contribution in [0.2, 0.25) is 0 Å². The zero-order chi connectivity index (χ0) is 14.8. The van der Waals surface area contributed by atoms with Gasteiger partial charge in [0.1, 0.15) is 5.75 Å². The van der Waals surface area contributed by atoms with E-state index in [4.69, 9.17) is 4.74 Å². The molecule has 0 radical (unpaired) electrons. The molecule has 3 nitrogen and oxygen atoms in total. The Hall–Kier alpha value is -1.06. The standard InChI is InChI=1S/C17H27NO2/c1-12-6-5-7-16(14(12)3)20-13(2)10-17(4,11-19)18-15-8-9-15/h5-7,13,15,18-19H,8-11H2,1-4H3. The van der Waals surface area contributed by atoms with Gasteiger partial charge >= 0.3 is 0 Å². The van der Waals surface area contributed by atoms with E-state index in [1.165, 1.54) is 24.0 Å². The summed E-state index contributed by atoms with van der Waals surface area (Å²) in [6.45, 7) is 8.48. The molecular weight excluding hydrogens is 250 g/mol. The Morgan fingerprint density at radius 1 is 1.40 bits per heavy atom. The molecule has 112 valence electrons. The molecule has 0 aliphatic heterocycles. The van der Waals surface area contributed by atoms with E-state index in [0.29, 0.717) is 6.04 Å². The van der Waals surface area contributed by atoms with Gasteiger partial charge in [0.05, 0.1) is 12.7 Å². The van der Waals surface area contributed by atoms with Gasteiger partial charge in [-0.2, -0.15) is 0 Å². The van der Waals surface area contributed by atoms with Gasteiger partial charge in [-0.25, -0.2) is 0 Å². The fourth-order valence-corrected chi connectivity index (χ4v) is 2.63. The van der Waals surface area contributed by atoms with Crippen LogP contribution in [-0.2, 0) is 0 Å². The van der Waals surface area contributed by atoms with Crippen LogP contribution in [0.15, 0.2) is 18.2 Å². The van der Waals surface area contributed by atoms with Crippen LogP contribution in [0.5, 0.6) is 5.75 Å². The fraction of sp³-hybridized carbons (Fsp3) is 0.647. The molecule has 2 N–H and O–H groups in total. The first-order valence-electron chi connectivity index (χ1n) is 7.55. The third-order valence-electron chi connectivity index (χ3n) is 4.10. The number of aliphatic hydroxyl groups excluding tert-OH is 1. The van der Waals surface area contributed by atoms with Crippen molar-refractivity contribution in [3.05, 3.63) is 29.3 Å². The summed E-state index contributed by atoms with van der Waals surface area (Å²) in [4.78, 5) is 0. The largest absolute Gasteiger partial charge is 0.490 e. The molecule has 3 heteroatoms. The van der Waals surface area contributed by atoms with Gasteiger partial charge in [0.15, 0.2) is 0 Å². The summed E-state index contributed by atoms with van der Waals surface area (Å²) in [6, 6.07) is 6.72. The van der Waals surface area contributed by atoms with E-state index in [1.54, 1.807) is 0 Å². The van der Waals surface area contributed by atoms with E-state index in [0.717, 1.165) is 12.2 Å². The van der Waals surface area contributed by atoms with Crippen molar-refractivity contribution in [1.29, 1.82) is 0 Å². The lowest BCUT2D eigenvalue weighted by Gasteiger charge is -2.32. The van der Waals surface area contributed by atoms with Crippen molar-refractivity contribution in [3.8, 4) is 5.75 Å². The highest BCUT2D eigenvalue weighted by Crippen LogP contribution is 2.27. The third-order valence-corrected chi connectivity index (χ3v) is 4.10. The number of ether oxygens (including phenoxy) is 1. The van der Waals surface area contributed by atoms with Gasteiger partial charge in [0.2, 0.25) is 0 Å². The van der Waals surface area contributed by atoms with Gasteiger partial charge in [-0.1, -0.05) is 12.1 Å². The minimum Gasteiger partial charge on any atom is -0.490 e. The van der Waals surface area contributed by atoms with E-state index in [2.05, 4.69) is 39.1 Å². The summed E-state index contributed by atoms with van der Waals surface area (Å²) in [6.07, 6.45) is 3.32. The van der Waals surface area contributed by atoms with Gasteiger partial charge in [0.25, 0.3) is 0 Å². The van der Waals surface area contributed by atoms with Crippen LogP contribution in [0.25, 0.3) is 0 Å². The summed E-state index contributed by atoms with van der Waals surface area (Å²) in [7, 11) is 0. The van der Waals surface area contributed by atoms with Crippen molar-refractivity contribution in [2.24, 2.45) is 0 Å². The van der Waals surface area contributed by atoms with Crippen LogP contribution in [-0.4, -0.2) is 29.4 Å². The van der Waals surface area contributed by atoms with Gasteiger partial charge in [-0.3, -0.25) is 0 Å². The van der Waals surface area contributed by atoms with Crippen molar-refractivity contribution < 1.29 is 9.84 Å². The van der Waals surface area contributed by atoms with Crippen LogP contribution in [0.1, 0.15) is 44.2 Å². The number of hydrogen-bond acceptors (Lipinski definition) is 3. The van der Waals surface area contributed by atoms with Crippen LogP contribution in [0, 0.1) is 13.8 Å². The Morgan fingerprint density at radius 3 is 2.70 bits per heavy atom. The molecule has 1 aliphatic carbocycles. The first kappa shape index (κ1) is 15.3. The average molecular weight is 277 g/mol. The minimum absolute atomic E-state index is 0.0684. The van der Waals surface area contributed by atoms with Crippen molar-refractivity contribution in [3.63, 3.8) is 0 Å². The molecule has 2 atom stereocenters. The highest BCUT2D eigenvalue weighted by Gasteiger charge is 2.33. The fourth-order valence-electron chi connectivity index (χ4n) is 2.63. The zero-order valence-electron chi connectivity index (χ0n) is 13.1.